The Morgan fingerprint density at radius 2 is 1.76 bits per heavy atom. The van der Waals surface area contributed by atoms with E-state index in [2.05, 4.69) is 56.9 Å². The Bertz CT molecular complexity index is 427. The average Bonchev–Trinajstić information content (AvgIpc) is 2.61. The van der Waals surface area contributed by atoms with Crippen LogP contribution in [0.25, 0.3) is 0 Å². The molecule has 3 nitrogen and oxygen atoms in total. The van der Waals surface area contributed by atoms with Gasteiger partial charge in [0.1, 0.15) is 5.75 Å². The monoisotopic (exact) mass is 290 g/mol. The van der Waals surface area contributed by atoms with Crippen molar-refractivity contribution in [2.45, 2.75) is 71.2 Å². The number of likely N-dealkylation sites (tertiary alicyclic amines) is 1. The Hall–Kier alpha value is -1.06. The summed E-state index contributed by atoms with van der Waals surface area (Å²) >= 11 is 0. The normalized spacial score (nSPS) is 24.3. The molecule has 1 aromatic carbocycles. The standard InChI is InChI=1S/C18H30N2O/c1-13(2)20-12-6-5-7-17(19)18(20)15-8-10-16(11-9-15)21-14(3)4/h8-11,13-14,17-18H,5-7,12,19H2,1-4H3. The molecule has 0 aromatic heterocycles. The minimum Gasteiger partial charge on any atom is -0.491 e. The molecule has 0 saturated carbocycles. The van der Waals surface area contributed by atoms with Crippen molar-refractivity contribution < 1.29 is 4.74 Å². The quantitative estimate of drug-likeness (QED) is 0.918. The lowest BCUT2D eigenvalue weighted by molar-refractivity contribution is 0.144. The first-order valence-corrected chi connectivity index (χ1v) is 8.27. The maximum atomic E-state index is 6.49. The zero-order valence-electron chi connectivity index (χ0n) is 13.9. The summed E-state index contributed by atoms with van der Waals surface area (Å²) in [6.07, 6.45) is 3.80. The summed E-state index contributed by atoms with van der Waals surface area (Å²) in [5.41, 5.74) is 7.80. The molecule has 118 valence electrons. The molecule has 2 rings (SSSR count). The summed E-state index contributed by atoms with van der Waals surface area (Å²) < 4.78 is 5.74. The van der Waals surface area contributed by atoms with Crippen molar-refractivity contribution in [2.24, 2.45) is 5.73 Å². The molecule has 1 saturated heterocycles. The van der Waals surface area contributed by atoms with Gasteiger partial charge in [-0.15, -0.1) is 0 Å². The van der Waals surface area contributed by atoms with Crippen molar-refractivity contribution in [1.82, 2.24) is 4.90 Å². The summed E-state index contributed by atoms with van der Waals surface area (Å²) in [4.78, 5) is 2.55. The fraction of sp³-hybridized carbons (Fsp3) is 0.667. The van der Waals surface area contributed by atoms with Gasteiger partial charge in [-0.1, -0.05) is 18.6 Å². The second-order valence-corrected chi connectivity index (χ2v) is 6.67. The minimum absolute atomic E-state index is 0.211. The largest absolute Gasteiger partial charge is 0.491 e. The van der Waals surface area contributed by atoms with Gasteiger partial charge in [-0.3, -0.25) is 4.90 Å². The van der Waals surface area contributed by atoms with Crippen LogP contribution in [0, 0.1) is 0 Å². The highest BCUT2D eigenvalue weighted by atomic mass is 16.5. The van der Waals surface area contributed by atoms with Crippen LogP contribution in [0.1, 0.15) is 58.6 Å². The molecule has 0 spiro atoms. The number of ether oxygens (including phenoxy) is 1. The van der Waals surface area contributed by atoms with Crippen LogP contribution in [0.3, 0.4) is 0 Å². The highest BCUT2D eigenvalue weighted by molar-refractivity contribution is 5.30. The first-order chi connectivity index (χ1) is 9.99. The molecular formula is C18H30N2O. The van der Waals surface area contributed by atoms with Gasteiger partial charge in [-0.05, 0) is 64.8 Å². The topological polar surface area (TPSA) is 38.5 Å². The molecule has 21 heavy (non-hydrogen) atoms. The lowest BCUT2D eigenvalue weighted by Crippen LogP contribution is -2.43. The first kappa shape index (κ1) is 16.3. The summed E-state index contributed by atoms with van der Waals surface area (Å²) in [6.45, 7) is 9.77. The summed E-state index contributed by atoms with van der Waals surface area (Å²) in [5, 5.41) is 0. The number of benzene rings is 1. The number of nitrogens with zero attached hydrogens (tertiary/aromatic N) is 1. The Morgan fingerprint density at radius 1 is 1.10 bits per heavy atom. The highest BCUT2D eigenvalue weighted by Crippen LogP contribution is 2.32. The maximum Gasteiger partial charge on any atom is 0.119 e. The molecular weight excluding hydrogens is 260 g/mol. The molecule has 2 atom stereocenters. The Labute approximate surface area is 129 Å². The van der Waals surface area contributed by atoms with Gasteiger partial charge < -0.3 is 10.5 Å². The number of hydrogen-bond acceptors (Lipinski definition) is 3. The average molecular weight is 290 g/mol. The minimum atomic E-state index is 0.211. The van der Waals surface area contributed by atoms with Crippen LogP contribution < -0.4 is 10.5 Å². The van der Waals surface area contributed by atoms with Crippen molar-refractivity contribution in [3.8, 4) is 5.75 Å². The van der Waals surface area contributed by atoms with Crippen molar-refractivity contribution in [1.29, 1.82) is 0 Å². The van der Waals surface area contributed by atoms with Crippen LogP contribution >= 0.6 is 0 Å². The second kappa shape index (κ2) is 7.28. The maximum absolute atomic E-state index is 6.49. The van der Waals surface area contributed by atoms with Crippen molar-refractivity contribution in [2.75, 3.05) is 6.54 Å². The molecule has 1 aliphatic heterocycles. The van der Waals surface area contributed by atoms with Crippen LogP contribution in [0.4, 0.5) is 0 Å². The van der Waals surface area contributed by atoms with Crippen LogP contribution in [-0.4, -0.2) is 29.6 Å². The Kier molecular flexibility index (Phi) is 5.65. The molecule has 2 N–H and O–H groups in total. The third-order valence-corrected chi connectivity index (χ3v) is 4.22. The third-order valence-electron chi connectivity index (χ3n) is 4.22. The van der Waals surface area contributed by atoms with E-state index in [0.29, 0.717) is 12.1 Å². The van der Waals surface area contributed by atoms with E-state index >= 15 is 0 Å². The van der Waals surface area contributed by atoms with Gasteiger partial charge in [-0.25, -0.2) is 0 Å². The van der Waals surface area contributed by atoms with Crippen LogP contribution in [0.5, 0.6) is 5.75 Å². The summed E-state index contributed by atoms with van der Waals surface area (Å²) in [7, 11) is 0. The number of hydrogen-bond donors (Lipinski definition) is 1. The SMILES string of the molecule is CC(C)Oc1ccc(C2C(N)CCCCN2C(C)C)cc1. The van der Waals surface area contributed by atoms with E-state index in [1.807, 2.05) is 0 Å². The van der Waals surface area contributed by atoms with E-state index in [9.17, 15) is 0 Å². The predicted octanol–water partition coefficient (Wildman–Crippen LogP) is 3.74. The summed E-state index contributed by atoms with van der Waals surface area (Å²) in [5.74, 6) is 0.937. The molecule has 0 bridgehead atoms. The van der Waals surface area contributed by atoms with E-state index < -0.39 is 0 Å². The van der Waals surface area contributed by atoms with Crippen LogP contribution in [-0.2, 0) is 0 Å². The van der Waals surface area contributed by atoms with Gasteiger partial charge in [0.2, 0.25) is 0 Å². The highest BCUT2D eigenvalue weighted by Gasteiger charge is 2.30. The zero-order chi connectivity index (χ0) is 15.4. The van der Waals surface area contributed by atoms with Crippen molar-refractivity contribution >= 4 is 0 Å². The predicted molar refractivity (Wildman–Crippen MR) is 88.6 cm³/mol. The number of rotatable bonds is 4. The smallest absolute Gasteiger partial charge is 0.119 e. The fourth-order valence-electron chi connectivity index (χ4n) is 3.25. The van der Waals surface area contributed by atoms with Crippen LogP contribution in [0.15, 0.2) is 24.3 Å². The molecule has 2 unspecified atom stereocenters. The van der Waals surface area contributed by atoms with E-state index in [0.717, 1.165) is 18.7 Å². The van der Waals surface area contributed by atoms with Crippen molar-refractivity contribution in [3.05, 3.63) is 29.8 Å². The molecule has 1 fully saturated rings. The lowest BCUT2D eigenvalue weighted by Gasteiger charge is -2.36. The van der Waals surface area contributed by atoms with Gasteiger partial charge in [0.25, 0.3) is 0 Å². The van der Waals surface area contributed by atoms with E-state index in [1.165, 1.54) is 18.4 Å². The Morgan fingerprint density at radius 3 is 2.33 bits per heavy atom. The van der Waals surface area contributed by atoms with E-state index in [4.69, 9.17) is 10.5 Å². The fourth-order valence-corrected chi connectivity index (χ4v) is 3.25. The van der Waals surface area contributed by atoms with Gasteiger partial charge >= 0.3 is 0 Å². The molecule has 3 heteroatoms. The molecule has 1 aliphatic rings. The first-order valence-electron chi connectivity index (χ1n) is 8.27. The summed E-state index contributed by atoms with van der Waals surface area (Å²) in [6, 6.07) is 9.57. The number of nitrogens with two attached hydrogens (primary N) is 1. The molecule has 1 heterocycles. The molecule has 0 aliphatic carbocycles. The lowest BCUT2D eigenvalue weighted by atomic mass is 9.95. The van der Waals surface area contributed by atoms with Crippen molar-refractivity contribution in [3.63, 3.8) is 0 Å². The van der Waals surface area contributed by atoms with Gasteiger partial charge in [0, 0.05) is 12.1 Å². The van der Waals surface area contributed by atoms with E-state index in [-0.39, 0.29) is 12.1 Å². The van der Waals surface area contributed by atoms with Gasteiger partial charge in [0.05, 0.1) is 12.1 Å². The zero-order valence-corrected chi connectivity index (χ0v) is 13.9. The van der Waals surface area contributed by atoms with E-state index in [1.54, 1.807) is 0 Å². The Balaban J connectivity index is 2.22. The third kappa shape index (κ3) is 4.21. The molecule has 0 amide bonds. The molecule has 0 radical (unpaired) electrons. The van der Waals surface area contributed by atoms with Gasteiger partial charge in [-0.2, -0.15) is 0 Å². The van der Waals surface area contributed by atoms with Gasteiger partial charge in [0.15, 0.2) is 0 Å². The second-order valence-electron chi connectivity index (χ2n) is 6.67. The molecule has 1 aromatic rings. The van der Waals surface area contributed by atoms with Crippen LogP contribution in [0.2, 0.25) is 0 Å².